The van der Waals surface area contributed by atoms with Crippen molar-refractivity contribution in [3.8, 4) is 5.75 Å². The van der Waals surface area contributed by atoms with E-state index in [-0.39, 0.29) is 16.5 Å². The number of rotatable bonds is 12. The molecule has 1 fully saturated rings. The first-order valence-electron chi connectivity index (χ1n) is 12.7. The SMILES string of the molecule is C=CCC/C=C/CCC1CCC(/C(F)=C(\F)c2cc3ccc(OCCCC)c(F)c3c(=O)o2)CC1. The molecule has 0 bridgehead atoms. The molecule has 1 aliphatic rings. The molecule has 0 aliphatic heterocycles. The average molecular weight is 489 g/mol. The lowest BCUT2D eigenvalue weighted by Gasteiger charge is -2.27. The van der Waals surface area contributed by atoms with Gasteiger partial charge in [0.25, 0.3) is 0 Å². The van der Waals surface area contributed by atoms with Crippen molar-refractivity contribution >= 4 is 16.6 Å². The first-order chi connectivity index (χ1) is 17.0. The van der Waals surface area contributed by atoms with Crippen molar-refractivity contribution in [3.63, 3.8) is 0 Å². The molecule has 0 amide bonds. The van der Waals surface area contributed by atoms with E-state index in [0.717, 1.165) is 51.4 Å². The van der Waals surface area contributed by atoms with Crippen molar-refractivity contribution in [2.75, 3.05) is 6.61 Å². The minimum atomic E-state index is -1.18. The van der Waals surface area contributed by atoms with Crippen LogP contribution in [-0.2, 0) is 0 Å². The van der Waals surface area contributed by atoms with Gasteiger partial charge >= 0.3 is 5.63 Å². The standard InChI is InChI=1S/C29H35F3O3/c1-3-5-7-8-9-10-11-20-12-14-21(15-13-20)26(30)28(32)24-19-22-16-17-23(34-18-6-4-2)27(31)25(22)29(33)35-24/h3,8-9,16-17,19-21H,1,4-7,10-15,18H2,2H3/b9-8+,28-26+. The Morgan fingerprint density at radius 3 is 2.60 bits per heavy atom. The Balaban J connectivity index is 1.67. The van der Waals surface area contributed by atoms with Crippen molar-refractivity contribution < 1.29 is 22.3 Å². The van der Waals surface area contributed by atoms with Gasteiger partial charge in [0.2, 0.25) is 0 Å². The maximum absolute atomic E-state index is 15.0. The number of benzene rings is 1. The molecule has 2 aromatic rings. The zero-order valence-corrected chi connectivity index (χ0v) is 20.5. The van der Waals surface area contributed by atoms with Crippen LogP contribution in [0.15, 0.2) is 58.0 Å². The summed E-state index contributed by atoms with van der Waals surface area (Å²) in [4.78, 5) is 12.4. The highest BCUT2D eigenvalue weighted by Crippen LogP contribution is 2.39. The summed E-state index contributed by atoms with van der Waals surface area (Å²) in [7, 11) is 0. The van der Waals surface area contributed by atoms with Gasteiger partial charge in [0, 0.05) is 5.92 Å². The van der Waals surface area contributed by atoms with E-state index in [0.29, 0.717) is 25.4 Å². The van der Waals surface area contributed by atoms with Gasteiger partial charge in [0.15, 0.2) is 23.2 Å². The fraction of sp³-hybridized carbons (Fsp3) is 0.483. The lowest BCUT2D eigenvalue weighted by atomic mass is 9.79. The van der Waals surface area contributed by atoms with Gasteiger partial charge in [-0.1, -0.05) is 37.6 Å². The monoisotopic (exact) mass is 488 g/mol. The van der Waals surface area contributed by atoms with E-state index in [1.165, 1.54) is 18.2 Å². The maximum Gasteiger partial charge on any atom is 0.347 e. The van der Waals surface area contributed by atoms with E-state index in [1.807, 2.05) is 13.0 Å². The summed E-state index contributed by atoms with van der Waals surface area (Å²) >= 11 is 0. The van der Waals surface area contributed by atoms with E-state index >= 15 is 0 Å². The summed E-state index contributed by atoms with van der Waals surface area (Å²) in [6.45, 7) is 6.00. The molecule has 0 N–H and O–H groups in total. The van der Waals surface area contributed by atoms with E-state index in [1.54, 1.807) is 0 Å². The zero-order valence-electron chi connectivity index (χ0n) is 20.5. The van der Waals surface area contributed by atoms with Gasteiger partial charge in [-0.2, -0.15) is 4.39 Å². The Morgan fingerprint density at radius 2 is 1.89 bits per heavy atom. The third kappa shape index (κ3) is 7.12. The number of allylic oxidation sites excluding steroid dienone is 4. The van der Waals surface area contributed by atoms with Gasteiger partial charge in [0.1, 0.15) is 11.2 Å². The highest BCUT2D eigenvalue weighted by Gasteiger charge is 2.28. The van der Waals surface area contributed by atoms with Crippen molar-refractivity contribution in [1.82, 2.24) is 0 Å². The van der Waals surface area contributed by atoms with Gasteiger partial charge < -0.3 is 9.15 Å². The predicted octanol–water partition coefficient (Wildman–Crippen LogP) is 8.83. The number of ether oxygens (including phenoxy) is 1. The van der Waals surface area contributed by atoms with Crippen molar-refractivity contribution in [2.45, 2.75) is 71.1 Å². The summed E-state index contributed by atoms with van der Waals surface area (Å²) in [5.74, 6) is -3.53. The Bertz CT molecular complexity index is 1110. The molecule has 0 unspecified atom stereocenters. The molecular formula is C29H35F3O3. The molecule has 0 spiro atoms. The zero-order chi connectivity index (χ0) is 25.2. The summed E-state index contributed by atoms with van der Waals surface area (Å²) in [5, 5.41) is -0.181. The minimum absolute atomic E-state index is 0.0581. The fourth-order valence-corrected chi connectivity index (χ4v) is 4.55. The van der Waals surface area contributed by atoms with Crippen LogP contribution in [0, 0.1) is 17.7 Å². The van der Waals surface area contributed by atoms with Crippen LogP contribution < -0.4 is 10.4 Å². The van der Waals surface area contributed by atoms with Crippen LogP contribution in [0.3, 0.4) is 0 Å². The van der Waals surface area contributed by atoms with Crippen LogP contribution in [0.25, 0.3) is 16.6 Å². The van der Waals surface area contributed by atoms with Gasteiger partial charge in [-0.05, 0) is 81.2 Å². The van der Waals surface area contributed by atoms with Crippen molar-refractivity contribution in [2.24, 2.45) is 11.8 Å². The van der Waals surface area contributed by atoms with Crippen molar-refractivity contribution in [1.29, 1.82) is 0 Å². The molecule has 0 radical (unpaired) electrons. The lowest BCUT2D eigenvalue weighted by molar-refractivity contribution is 0.263. The Hall–Kier alpha value is -2.76. The number of hydrogen-bond acceptors (Lipinski definition) is 3. The number of halogens is 3. The first kappa shape index (κ1) is 26.8. The Morgan fingerprint density at radius 1 is 1.14 bits per heavy atom. The first-order valence-corrected chi connectivity index (χ1v) is 12.7. The highest BCUT2D eigenvalue weighted by atomic mass is 19.2. The molecule has 0 atom stereocenters. The quantitative estimate of drug-likeness (QED) is 0.221. The second-order valence-electron chi connectivity index (χ2n) is 9.24. The molecule has 35 heavy (non-hydrogen) atoms. The van der Waals surface area contributed by atoms with Crippen molar-refractivity contribution in [3.05, 3.63) is 70.8 Å². The normalized spacial score (nSPS) is 19.2. The number of unbranched alkanes of at least 4 members (excludes halogenated alkanes) is 2. The predicted molar refractivity (Wildman–Crippen MR) is 135 cm³/mol. The van der Waals surface area contributed by atoms with Crippen LogP contribution >= 0.6 is 0 Å². The molecule has 1 aromatic heterocycles. The highest BCUT2D eigenvalue weighted by molar-refractivity contribution is 5.85. The maximum atomic E-state index is 15.0. The molecule has 3 rings (SSSR count). The van der Waals surface area contributed by atoms with Gasteiger partial charge in [-0.3, -0.25) is 0 Å². The largest absolute Gasteiger partial charge is 0.490 e. The van der Waals surface area contributed by atoms with E-state index in [9.17, 15) is 18.0 Å². The van der Waals surface area contributed by atoms with Gasteiger partial charge in [-0.15, -0.1) is 6.58 Å². The summed E-state index contributed by atoms with van der Waals surface area (Å²) in [6.07, 6.45) is 14.6. The summed E-state index contributed by atoms with van der Waals surface area (Å²) in [6, 6.07) is 4.03. The van der Waals surface area contributed by atoms with E-state index in [2.05, 4.69) is 18.7 Å². The fourth-order valence-electron chi connectivity index (χ4n) is 4.55. The molecule has 1 aliphatic carbocycles. The minimum Gasteiger partial charge on any atom is -0.490 e. The average Bonchev–Trinajstić information content (AvgIpc) is 2.86. The lowest BCUT2D eigenvalue weighted by Crippen LogP contribution is -2.15. The Labute approximate surface area is 205 Å². The van der Waals surface area contributed by atoms with Gasteiger partial charge in [-0.25, -0.2) is 13.6 Å². The molecule has 1 saturated carbocycles. The van der Waals surface area contributed by atoms with Gasteiger partial charge in [0.05, 0.1) is 6.61 Å². The van der Waals surface area contributed by atoms with Crippen LogP contribution in [-0.4, -0.2) is 6.61 Å². The molecule has 3 nitrogen and oxygen atoms in total. The topological polar surface area (TPSA) is 39.4 Å². The second-order valence-corrected chi connectivity index (χ2v) is 9.24. The smallest absolute Gasteiger partial charge is 0.347 e. The third-order valence-electron chi connectivity index (χ3n) is 6.66. The van der Waals surface area contributed by atoms with E-state index in [4.69, 9.17) is 9.15 Å². The molecular weight excluding hydrogens is 453 g/mol. The summed E-state index contributed by atoms with van der Waals surface area (Å²) < 4.78 is 55.1. The molecule has 190 valence electrons. The molecule has 1 aromatic carbocycles. The second kappa shape index (κ2) is 13.4. The molecule has 1 heterocycles. The third-order valence-corrected chi connectivity index (χ3v) is 6.66. The van der Waals surface area contributed by atoms with E-state index < -0.39 is 34.8 Å². The molecule has 6 heteroatoms. The van der Waals surface area contributed by atoms with Crippen LogP contribution in [0.4, 0.5) is 13.2 Å². The number of fused-ring (bicyclic) bond motifs is 1. The number of hydrogen-bond donors (Lipinski definition) is 0. The molecule has 0 saturated heterocycles. The summed E-state index contributed by atoms with van der Waals surface area (Å²) in [5.41, 5.74) is -1.05. The van der Waals surface area contributed by atoms with Crippen LogP contribution in [0.1, 0.15) is 76.9 Å². The van der Waals surface area contributed by atoms with Crippen LogP contribution in [0.5, 0.6) is 5.75 Å². The Kier molecular flexibility index (Phi) is 10.2. The van der Waals surface area contributed by atoms with Crippen LogP contribution in [0.2, 0.25) is 0 Å².